The van der Waals surface area contributed by atoms with Crippen molar-refractivity contribution in [2.24, 2.45) is 0 Å². The molecule has 1 rings (SSSR count). The second kappa shape index (κ2) is 3.96. The molecule has 1 aromatic rings. The average molecular weight is 222 g/mol. The van der Waals surface area contributed by atoms with Gasteiger partial charge in [-0.3, -0.25) is 0 Å². The van der Waals surface area contributed by atoms with Crippen LogP contribution in [-0.4, -0.2) is 6.18 Å². The van der Waals surface area contributed by atoms with E-state index >= 15 is 0 Å². The highest BCUT2D eigenvalue weighted by Crippen LogP contribution is 2.28. The quantitative estimate of drug-likeness (QED) is 0.596. The molecular weight excluding hydrogens is 212 g/mol. The molecule has 4 N–H and O–H groups in total. The summed E-state index contributed by atoms with van der Waals surface area (Å²) in [5.74, 6) is -0.758. The molecule has 0 aliphatic rings. The van der Waals surface area contributed by atoms with Crippen molar-refractivity contribution >= 4 is 11.4 Å². The Morgan fingerprint density at radius 3 is 2.27 bits per heavy atom. The van der Waals surface area contributed by atoms with Crippen LogP contribution in [0.15, 0.2) is 12.1 Å². The van der Waals surface area contributed by atoms with Gasteiger partial charge in [0, 0.05) is 12.0 Å². The van der Waals surface area contributed by atoms with Gasteiger partial charge in [0.2, 0.25) is 0 Å². The number of halogens is 4. The molecule has 0 atom stereocenters. The fourth-order valence-corrected chi connectivity index (χ4v) is 1.18. The Morgan fingerprint density at radius 2 is 1.73 bits per heavy atom. The molecule has 0 aromatic heterocycles. The van der Waals surface area contributed by atoms with Gasteiger partial charge in [-0.2, -0.15) is 13.2 Å². The van der Waals surface area contributed by atoms with E-state index in [0.717, 1.165) is 6.07 Å². The van der Waals surface area contributed by atoms with Gasteiger partial charge in [0.05, 0.1) is 11.4 Å². The van der Waals surface area contributed by atoms with Gasteiger partial charge in [0.15, 0.2) is 0 Å². The molecule has 0 fully saturated rings. The molecule has 6 heteroatoms. The summed E-state index contributed by atoms with van der Waals surface area (Å²) in [6, 6.07) is 2.24. The Balaban J connectivity index is 2.90. The summed E-state index contributed by atoms with van der Waals surface area (Å²) in [6.07, 6.45) is -5.94. The first-order chi connectivity index (χ1) is 6.81. The van der Waals surface area contributed by atoms with Crippen molar-refractivity contribution in [3.05, 3.63) is 23.5 Å². The minimum absolute atomic E-state index is 0.0913. The van der Waals surface area contributed by atoms with E-state index < -0.39 is 24.8 Å². The third-order valence-electron chi connectivity index (χ3n) is 1.99. The van der Waals surface area contributed by atoms with Gasteiger partial charge >= 0.3 is 6.18 Å². The molecule has 0 amide bonds. The summed E-state index contributed by atoms with van der Waals surface area (Å²) < 4.78 is 48.8. The summed E-state index contributed by atoms with van der Waals surface area (Å²) in [4.78, 5) is 0. The first-order valence-corrected chi connectivity index (χ1v) is 4.20. The number of alkyl halides is 3. The number of hydrogen-bond donors (Lipinski definition) is 2. The van der Waals surface area contributed by atoms with Crippen molar-refractivity contribution in [3.63, 3.8) is 0 Å². The van der Waals surface area contributed by atoms with Crippen LogP contribution in [0, 0.1) is 5.82 Å². The van der Waals surface area contributed by atoms with Crippen LogP contribution in [0.4, 0.5) is 28.9 Å². The lowest BCUT2D eigenvalue weighted by atomic mass is 10.1. The first-order valence-electron chi connectivity index (χ1n) is 4.20. The molecule has 1 aromatic carbocycles. The van der Waals surface area contributed by atoms with Crippen molar-refractivity contribution in [2.75, 3.05) is 11.5 Å². The minimum Gasteiger partial charge on any atom is -0.397 e. The van der Waals surface area contributed by atoms with Crippen LogP contribution in [0.2, 0.25) is 0 Å². The van der Waals surface area contributed by atoms with Gasteiger partial charge in [0.1, 0.15) is 5.82 Å². The van der Waals surface area contributed by atoms with Crippen molar-refractivity contribution in [1.29, 1.82) is 0 Å². The Morgan fingerprint density at radius 1 is 1.13 bits per heavy atom. The maximum Gasteiger partial charge on any atom is 0.389 e. The predicted octanol–water partition coefficient (Wildman–Crippen LogP) is 2.49. The van der Waals surface area contributed by atoms with Crippen LogP contribution >= 0.6 is 0 Å². The third-order valence-corrected chi connectivity index (χ3v) is 1.99. The molecule has 0 heterocycles. The number of anilines is 2. The standard InChI is InChI=1S/C9H10F4N2/c10-6-1-2-7(14)8(15)5(6)3-4-9(11,12)13/h1-2H,3-4,14-15H2. The van der Waals surface area contributed by atoms with Crippen molar-refractivity contribution in [3.8, 4) is 0 Å². The van der Waals surface area contributed by atoms with Crippen LogP contribution in [-0.2, 0) is 6.42 Å². The lowest BCUT2D eigenvalue weighted by Crippen LogP contribution is -2.11. The number of benzene rings is 1. The smallest absolute Gasteiger partial charge is 0.389 e. The molecule has 0 bridgehead atoms. The zero-order valence-corrected chi connectivity index (χ0v) is 7.74. The molecular formula is C9H10F4N2. The van der Waals surface area contributed by atoms with E-state index in [0.29, 0.717) is 0 Å². The third kappa shape index (κ3) is 3.00. The van der Waals surface area contributed by atoms with Gasteiger partial charge in [0.25, 0.3) is 0 Å². The summed E-state index contributed by atoms with van der Waals surface area (Å²) >= 11 is 0. The molecule has 0 unspecified atom stereocenters. The number of nitrogens with two attached hydrogens (primary N) is 2. The van der Waals surface area contributed by atoms with Crippen LogP contribution in [0.25, 0.3) is 0 Å². The average Bonchev–Trinajstić information content (AvgIpc) is 2.10. The highest BCUT2D eigenvalue weighted by molar-refractivity contribution is 5.67. The lowest BCUT2D eigenvalue weighted by molar-refractivity contribution is -0.134. The Labute approximate surface area is 83.9 Å². The first kappa shape index (κ1) is 11.6. The minimum atomic E-state index is -4.33. The molecule has 84 valence electrons. The summed E-state index contributed by atoms with van der Waals surface area (Å²) in [6.45, 7) is 0. The van der Waals surface area contributed by atoms with E-state index in [1.807, 2.05) is 0 Å². The maximum atomic E-state index is 13.1. The maximum absolute atomic E-state index is 13.1. The van der Waals surface area contributed by atoms with E-state index in [9.17, 15) is 17.6 Å². The lowest BCUT2D eigenvalue weighted by Gasteiger charge is -2.10. The topological polar surface area (TPSA) is 52.0 Å². The Kier molecular flexibility index (Phi) is 3.06. The van der Waals surface area contributed by atoms with Crippen LogP contribution in [0.1, 0.15) is 12.0 Å². The number of rotatable bonds is 2. The van der Waals surface area contributed by atoms with Crippen molar-refractivity contribution in [2.45, 2.75) is 19.0 Å². The fourth-order valence-electron chi connectivity index (χ4n) is 1.18. The van der Waals surface area contributed by atoms with Gasteiger partial charge in [-0.1, -0.05) is 0 Å². The van der Waals surface area contributed by atoms with Gasteiger partial charge in [-0.25, -0.2) is 4.39 Å². The second-order valence-corrected chi connectivity index (χ2v) is 3.14. The van der Waals surface area contributed by atoms with Gasteiger partial charge < -0.3 is 11.5 Å². The van der Waals surface area contributed by atoms with Crippen molar-refractivity contribution < 1.29 is 17.6 Å². The van der Waals surface area contributed by atoms with Gasteiger partial charge in [-0.05, 0) is 18.6 Å². The number of nitrogen functional groups attached to an aromatic ring is 2. The largest absolute Gasteiger partial charge is 0.397 e. The van der Waals surface area contributed by atoms with Gasteiger partial charge in [-0.15, -0.1) is 0 Å². The second-order valence-electron chi connectivity index (χ2n) is 3.14. The molecule has 0 saturated heterocycles. The van der Waals surface area contributed by atoms with E-state index in [1.165, 1.54) is 6.07 Å². The molecule has 0 saturated carbocycles. The SMILES string of the molecule is Nc1ccc(F)c(CCC(F)(F)F)c1N. The highest BCUT2D eigenvalue weighted by atomic mass is 19.4. The fraction of sp³-hybridized carbons (Fsp3) is 0.333. The Hall–Kier alpha value is -1.46. The predicted molar refractivity (Wildman–Crippen MR) is 49.6 cm³/mol. The molecule has 0 radical (unpaired) electrons. The van der Waals surface area contributed by atoms with E-state index in [2.05, 4.69) is 0 Å². The monoisotopic (exact) mass is 222 g/mol. The summed E-state index contributed by atoms with van der Waals surface area (Å²) in [5, 5.41) is 0. The van der Waals surface area contributed by atoms with Crippen LogP contribution in [0.5, 0.6) is 0 Å². The van der Waals surface area contributed by atoms with E-state index in [1.54, 1.807) is 0 Å². The summed E-state index contributed by atoms with van der Waals surface area (Å²) in [7, 11) is 0. The summed E-state index contributed by atoms with van der Waals surface area (Å²) in [5.41, 5.74) is 10.5. The van der Waals surface area contributed by atoms with Crippen LogP contribution < -0.4 is 11.5 Å². The normalized spacial score (nSPS) is 11.7. The zero-order valence-electron chi connectivity index (χ0n) is 7.74. The Bertz CT molecular complexity index is 360. The van der Waals surface area contributed by atoms with E-state index in [-0.39, 0.29) is 16.9 Å². The molecule has 15 heavy (non-hydrogen) atoms. The molecule has 0 spiro atoms. The molecule has 0 aliphatic heterocycles. The van der Waals surface area contributed by atoms with Crippen LogP contribution in [0.3, 0.4) is 0 Å². The molecule has 2 nitrogen and oxygen atoms in total. The zero-order chi connectivity index (χ0) is 11.6. The van der Waals surface area contributed by atoms with Crippen molar-refractivity contribution in [1.82, 2.24) is 0 Å². The number of hydrogen-bond acceptors (Lipinski definition) is 2. The highest BCUT2D eigenvalue weighted by Gasteiger charge is 2.27. The van der Waals surface area contributed by atoms with E-state index in [4.69, 9.17) is 11.5 Å². The molecule has 0 aliphatic carbocycles.